The minimum Gasteiger partial charge on any atom is -0.324 e. The zero-order chi connectivity index (χ0) is 20.1. The number of benzene rings is 1. The molecule has 0 N–H and O–H groups in total. The van der Waals surface area contributed by atoms with Crippen molar-refractivity contribution in [1.82, 2.24) is 18.8 Å². The third kappa shape index (κ3) is 3.21. The molecule has 1 aliphatic heterocycles. The Balaban J connectivity index is 1.67. The maximum absolute atomic E-state index is 13.1. The molecule has 3 heterocycles. The molecule has 0 saturated carbocycles. The molecule has 28 heavy (non-hydrogen) atoms. The van der Waals surface area contributed by atoms with E-state index in [0.29, 0.717) is 18.1 Å². The first-order valence-corrected chi connectivity index (χ1v) is 11.2. The molecule has 0 amide bonds. The maximum atomic E-state index is 13.1. The van der Waals surface area contributed by atoms with Crippen LogP contribution in [0.25, 0.3) is 11.0 Å². The van der Waals surface area contributed by atoms with Crippen LogP contribution in [0, 0.1) is 6.92 Å². The van der Waals surface area contributed by atoms with E-state index in [4.69, 9.17) is 16.6 Å². The monoisotopic (exact) mass is 418 g/mol. The molecule has 8 heteroatoms. The van der Waals surface area contributed by atoms with E-state index in [0.717, 1.165) is 28.8 Å². The second-order valence-corrected chi connectivity index (χ2v) is 9.90. The Labute approximate surface area is 170 Å². The molecule has 1 fully saturated rings. The first kappa shape index (κ1) is 19.4. The van der Waals surface area contributed by atoms with Crippen molar-refractivity contribution in [2.24, 2.45) is 0 Å². The van der Waals surface area contributed by atoms with Crippen LogP contribution in [0.2, 0.25) is 5.02 Å². The Kier molecular flexibility index (Phi) is 4.93. The lowest BCUT2D eigenvalue weighted by Crippen LogP contribution is -2.29. The minimum atomic E-state index is -3.58. The quantitative estimate of drug-likeness (QED) is 0.638. The fourth-order valence-electron chi connectivity index (χ4n) is 3.83. The SMILES string of the molecule is Cc1ccc(S(=O)(=O)N2CCC(c3nc4ccncc4n3C(C)C)C2)cc1Cl. The zero-order valence-corrected chi connectivity index (χ0v) is 17.7. The summed E-state index contributed by atoms with van der Waals surface area (Å²) in [6.07, 6.45) is 4.29. The number of rotatable bonds is 4. The Bertz CT molecular complexity index is 1140. The molecular formula is C20H23ClN4O2S. The summed E-state index contributed by atoms with van der Waals surface area (Å²) in [6, 6.07) is 7.02. The number of aryl methyl sites for hydroxylation is 1. The number of sulfonamides is 1. The highest BCUT2D eigenvalue weighted by Gasteiger charge is 2.36. The van der Waals surface area contributed by atoms with Gasteiger partial charge >= 0.3 is 0 Å². The van der Waals surface area contributed by atoms with Gasteiger partial charge in [0.05, 0.1) is 22.1 Å². The predicted molar refractivity (Wildman–Crippen MR) is 110 cm³/mol. The first-order valence-electron chi connectivity index (χ1n) is 9.37. The van der Waals surface area contributed by atoms with Gasteiger partial charge in [-0.25, -0.2) is 13.4 Å². The molecule has 1 atom stereocenters. The molecule has 2 aromatic heterocycles. The van der Waals surface area contributed by atoms with Crippen molar-refractivity contribution in [3.05, 3.63) is 53.1 Å². The molecule has 0 bridgehead atoms. The van der Waals surface area contributed by atoms with Gasteiger partial charge in [-0.15, -0.1) is 0 Å². The van der Waals surface area contributed by atoms with Crippen LogP contribution in [0.15, 0.2) is 41.6 Å². The van der Waals surface area contributed by atoms with E-state index in [1.165, 1.54) is 6.07 Å². The average molecular weight is 419 g/mol. The van der Waals surface area contributed by atoms with Crippen LogP contribution in [0.3, 0.4) is 0 Å². The van der Waals surface area contributed by atoms with Crippen LogP contribution in [-0.2, 0) is 10.0 Å². The Morgan fingerprint density at radius 1 is 1.25 bits per heavy atom. The summed E-state index contributed by atoms with van der Waals surface area (Å²) < 4.78 is 29.9. The van der Waals surface area contributed by atoms with E-state index >= 15 is 0 Å². The molecule has 1 aliphatic rings. The second kappa shape index (κ2) is 7.13. The summed E-state index contributed by atoms with van der Waals surface area (Å²) >= 11 is 6.15. The van der Waals surface area contributed by atoms with Crippen molar-refractivity contribution < 1.29 is 8.42 Å². The van der Waals surface area contributed by atoms with Crippen LogP contribution in [0.1, 0.15) is 43.6 Å². The summed E-state index contributed by atoms with van der Waals surface area (Å²) in [6.45, 7) is 6.95. The Morgan fingerprint density at radius 3 is 2.75 bits per heavy atom. The first-order chi connectivity index (χ1) is 13.3. The van der Waals surface area contributed by atoms with Crippen molar-refractivity contribution in [3.8, 4) is 0 Å². The summed E-state index contributed by atoms with van der Waals surface area (Å²) in [4.78, 5) is 9.28. The number of fused-ring (bicyclic) bond motifs is 1. The molecule has 0 radical (unpaired) electrons. The molecule has 148 valence electrons. The normalized spacial score (nSPS) is 18.4. The smallest absolute Gasteiger partial charge is 0.243 e. The highest BCUT2D eigenvalue weighted by molar-refractivity contribution is 7.89. The lowest BCUT2D eigenvalue weighted by Gasteiger charge is -2.19. The number of hydrogen-bond donors (Lipinski definition) is 0. The van der Waals surface area contributed by atoms with Crippen molar-refractivity contribution >= 4 is 32.7 Å². The van der Waals surface area contributed by atoms with E-state index < -0.39 is 10.0 Å². The topological polar surface area (TPSA) is 68.1 Å². The van der Waals surface area contributed by atoms with Gasteiger partial charge in [0, 0.05) is 36.3 Å². The van der Waals surface area contributed by atoms with Gasteiger partial charge in [0.15, 0.2) is 0 Å². The number of pyridine rings is 1. The predicted octanol–water partition coefficient (Wildman–Crippen LogP) is 4.15. The number of halogens is 1. The third-order valence-corrected chi connectivity index (χ3v) is 7.60. The molecule has 0 spiro atoms. The average Bonchev–Trinajstić information content (AvgIpc) is 3.28. The zero-order valence-electron chi connectivity index (χ0n) is 16.1. The van der Waals surface area contributed by atoms with Gasteiger partial charge in [-0.1, -0.05) is 17.7 Å². The van der Waals surface area contributed by atoms with E-state index in [1.807, 2.05) is 19.2 Å². The van der Waals surface area contributed by atoms with Crippen LogP contribution in [0.5, 0.6) is 0 Å². The highest BCUT2D eigenvalue weighted by atomic mass is 35.5. The minimum absolute atomic E-state index is 0.0468. The number of imidazole rings is 1. The lowest BCUT2D eigenvalue weighted by atomic mass is 10.1. The van der Waals surface area contributed by atoms with E-state index in [2.05, 4.69) is 23.4 Å². The summed E-state index contributed by atoms with van der Waals surface area (Å²) in [7, 11) is -3.58. The van der Waals surface area contributed by atoms with Gasteiger partial charge in [0.2, 0.25) is 10.0 Å². The number of hydrogen-bond acceptors (Lipinski definition) is 4. The van der Waals surface area contributed by atoms with Gasteiger partial charge in [-0.2, -0.15) is 4.31 Å². The van der Waals surface area contributed by atoms with Crippen LogP contribution >= 0.6 is 11.6 Å². The van der Waals surface area contributed by atoms with Crippen molar-refractivity contribution in [1.29, 1.82) is 0 Å². The molecule has 3 aromatic rings. The Hall–Kier alpha value is -1.96. The van der Waals surface area contributed by atoms with Gasteiger partial charge in [0.1, 0.15) is 5.82 Å². The maximum Gasteiger partial charge on any atom is 0.243 e. The number of nitrogens with zero attached hydrogens (tertiary/aromatic N) is 4. The van der Waals surface area contributed by atoms with Crippen LogP contribution in [0.4, 0.5) is 0 Å². The van der Waals surface area contributed by atoms with Crippen LogP contribution < -0.4 is 0 Å². The van der Waals surface area contributed by atoms with E-state index in [1.54, 1.807) is 22.6 Å². The molecule has 1 saturated heterocycles. The molecule has 4 rings (SSSR count). The van der Waals surface area contributed by atoms with Crippen LogP contribution in [-0.4, -0.2) is 40.3 Å². The lowest BCUT2D eigenvalue weighted by molar-refractivity contribution is 0.466. The van der Waals surface area contributed by atoms with Gasteiger partial charge in [-0.05, 0) is 51.0 Å². The van der Waals surface area contributed by atoms with Crippen molar-refractivity contribution in [2.45, 2.75) is 44.0 Å². The number of aromatic nitrogens is 3. The molecule has 6 nitrogen and oxygen atoms in total. The van der Waals surface area contributed by atoms with Crippen molar-refractivity contribution in [2.75, 3.05) is 13.1 Å². The van der Waals surface area contributed by atoms with E-state index in [-0.39, 0.29) is 16.9 Å². The third-order valence-electron chi connectivity index (χ3n) is 5.33. The van der Waals surface area contributed by atoms with E-state index in [9.17, 15) is 8.42 Å². The fraction of sp³-hybridized carbons (Fsp3) is 0.400. The van der Waals surface area contributed by atoms with Gasteiger partial charge in [0.25, 0.3) is 0 Å². The summed E-state index contributed by atoms with van der Waals surface area (Å²) in [5, 5.41) is 0.464. The summed E-state index contributed by atoms with van der Waals surface area (Å²) in [5.41, 5.74) is 2.74. The molecule has 0 aliphatic carbocycles. The molecular weight excluding hydrogens is 396 g/mol. The van der Waals surface area contributed by atoms with Crippen molar-refractivity contribution in [3.63, 3.8) is 0 Å². The summed E-state index contributed by atoms with van der Waals surface area (Å²) in [5.74, 6) is 0.975. The van der Waals surface area contributed by atoms with Gasteiger partial charge < -0.3 is 4.57 Å². The second-order valence-electron chi connectivity index (χ2n) is 7.56. The highest BCUT2D eigenvalue weighted by Crippen LogP contribution is 2.34. The van der Waals surface area contributed by atoms with Gasteiger partial charge in [-0.3, -0.25) is 4.98 Å². The molecule has 1 unspecified atom stereocenters. The largest absolute Gasteiger partial charge is 0.324 e. The standard InChI is InChI=1S/C20H23ClN4O2S/c1-13(2)25-19-11-22-8-6-18(19)23-20(25)15-7-9-24(12-15)28(26,27)16-5-4-14(3)17(21)10-16/h4-6,8,10-11,13,15H,7,9,12H2,1-3H3. The molecule has 1 aromatic carbocycles. The fourth-order valence-corrected chi connectivity index (χ4v) is 5.60. The Morgan fingerprint density at radius 2 is 2.04 bits per heavy atom.